The van der Waals surface area contributed by atoms with Gasteiger partial charge in [-0.3, -0.25) is 9.59 Å². The van der Waals surface area contributed by atoms with Gasteiger partial charge in [0.15, 0.2) is 17.3 Å². The molecule has 2 heterocycles. The number of halogens is 1. The summed E-state index contributed by atoms with van der Waals surface area (Å²) in [6.45, 7) is 1.20. The van der Waals surface area contributed by atoms with Gasteiger partial charge in [0.1, 0.15) is 12.4 Å². The van der Waals surface area contributed by atoms with Gasteiger partial charge in [-0.15, -0.1) is 10.2 Å². The van der Waals surface area contributed by atoms with Gasteiger partial charge < -0.3 is 14.8 Å². The molecule has 3 aromatic rings. The third-order valence-electron chi connectivity index (χ3n) is 3.99. The highest BCUT2D eigenvalue weighted by Crippen LogP contribution is 2.37. The summed E-state index contributed by atoms with van der Waals surface area (Å²) in [5.41, 5.74) is 1.04. The molecular weight excluding hydrogens is 369 g/mol. The molecule has 1 aliphatic heterocycles. The Labute approximate surface area is 158 Å². The van der Waals surface area contributed by atoms with E-state index >= 15 is 0 Å². The van der Waals surface area contributed by atoms with Gasteiger partial charge in [0.2, 0.25) is 18.5 Å². The summed E-state index contributed by atoms with van der Waals surface area (Å²) in [6.07, 6.45) is 0. The Morgan fingerprint density at radius 1 is 1.21 bits per heavy atom. The molecular formula is C18H14FN5O4. The van der Waals surface area contributed by atoms with Crippen molar-refractivity contribution >= 4 is 17.4 Å². The van der Waals surface area contributed by atoms with Crippen molar-refractivity contribution in [3.63, 3.8) is 0 Å². The lowest BCUT2D eigenvalue weighted by Gasteiger charge is -2.10. The topological polar surface area (TPSA) is 108 Å². The van der Waals surface area contributed by atoms with E-state index in [0.717, 1.165) is 4.80 Å². The average Bonchev–Trinajstić information content (AvgIpc) is 3.29. The van der Waals surface area contributed by atoms with Crippen LogP contribution in [0.3, 0.4) is 0 Å². The minimum atomic E-state index is -0.468. The number of hydrogen-bond donors (Lipinski definition) is 1. The third kappa shape index (κ3) is 3.52. The quantitative estimate of drug-likeness (QED) is 0.672. The summed E-state index contributed by atoms with van der Waals surface area (Å²) in [5, 5.41) is 14.3. The number of aromatic nitrogens is 4. The standard InChI is InChI=1S/C18H14FN5O4/c1-10(25)13-6-15-16(28-9-27-15)7-14(13)20-17(26)8-24-22-18(21-23-24)11-3-2-4-12(19)5-11/h2-7H,8-9H2,1H3,(H,20,26). The van der Waals surface area contributed by atoms with Crippen molar-refractivity contribution in [2.24, 2.45) is 0 Å². The minimum Gasteiger partial charge on any atom is -0.454 e. The Kier molecular flexibility index (Phi) is 4.44. The molecule has 0 radical (unpaired) electrons. The predicted octanol–water partition coefficient (Wildman–Crippen LogP) is 2.05. The zero-order valence-electron chi connectivity index (χ0n) is 14.7. The number of ether oxygens (including phenoxy) is 2. The first-order valence-corrected chi connectivity index (χ1v) is 8.28. The summed E-state index contributed by atoms with van der Waals surface area (Å²) in [6, 6.07) is 8.80. The van der Waals surface area contributed by atoms with Crippen LogP contribution in [-0.4, -0.2) is 38.7 Å². The maximum atomic E-state index is 13.3. The number of benzene rings is 2. The van der Waals surface area contributed by atoms with E-state index in [9.17, 15) is 14.0 Å². The fourth-order valence-electron chi connectivity index (χ4n) is 2.71. The minimum absolute atomic E-state index is 0.0514. The normalized spacial score (nSPS) is 12.1. The average molecular weight is 383 g/mol. The molecule has 0 aliphatic carbocycles. The molecule has 0 atom stereocenters. The Bertz CT molecular complexity index is 1080. The molecule has 1 aromatic heterocycles. The molecule has 142 valence electrons. The van der Waals surface area contributed by atoms with E-state index in [-0.39, 0.29) is 24.9 Å². The molecule has 1 N–H and O–H groups in total. The fraction of sp³-hybridized carbons (Fsp3) is 0.167. The Morgan fingerprint density at radius 2 is 2.00 bits per heavy atom. The van der Waals surface area contributed by atoms with Crippen LogP contribution < -0.4 is 14.8 Å². The van der Waals surface area contributed by atoms with Crippen LogP contribution in [0.15, 0.2) is 36.4 Å². The molecule has 4 rings (SSSR count). The number of ketones is 1. The highest BCUT2D eigenvalue weighted by Gasteiger charge is 2.21. The van der Waals surface area contributed by atoms with Gasteiger partial charge in [-0.05, 0) is 30.3 Å². The number of tetrazole rings is 1. The second-order valence-electron chi connectivity index (χ2n) is 6.01. The molecule has 0 saturated heterocycles. The summed E-state index contributed by atoms with van der Waals surface area (Å²) in [5.74, 6) is -0.0511. The predicted molar refractivity (Wildman–Crippen MR) is 94.4 cm³/mol. The Hall–Kier alpha value is -3.82. The van der Waals surface area contributed by atoms with Crippen molar-refractivity contribution < 1.29 is 23.5 Å². The third-order valence-corrected chi connectivity index (χ3v) is 3.99. The van der Waals surface area contributed by atoms with Crippen molar-refractivity contribution in [1.29, 1.82) is 0 Å². The molecule has 1 aliphatic rings. The van der Waals surface area contributed by atoms with Crippen LogP contribution in [0.1, 0.15) is 17.3 Å². The SMILES string of the molecule is CC(=O)c1cc2c(cc1NC(=O)Cn1nnc(-c3cccc(F)c3)n1)OCO2. The van der Waals surface area contributed by atoms with Gasteiger partial charge in [-0.2, -0.15) is 4.80 Å². The second-order valence-corrected chi connectivity index (χ2v) is 6.01. The van der Waals surface area contributed by atoms with Crippen molar-refractivity contribution in [1.82, 2.24) is 20.2 Å². The summed E-state index contributed by atoms with van der Waals surface area (Å²) < 4.78 is 23.8. The Balaban J connectivity index is 1.50. The van der Waals surface area contributed by atoms with E-state index in [1.807, 2.05) is 0 Å². The van der Waals surface area contributed by atoms with Crippen LogP contribution in [0.4, 0.5) is 10.1 Å². The van der Waals surface area contributed by atoms with Crippen LogP contribution in [0.5, 0.6) is 11.5 Å². The molecule has 9 nitrogen and oxygen atoms in total. The number of carbonyl (C=O) groups excluding carboxylic acids is 2. The molecule has 28 heavy (non-hydrogen) atoms. The van der Waals surface area contributed by atoms with E-state index < -0.39 is 11.7 Å². The lowest BCUT2D eigenvalue weighted by molar-refractivity contribution is -0.117. The molecule has 0 fully saturated rings. The van der Waals surface area contributed by atoms with Gasteiger partial charge in [0, 0.05) is 17.2 Å². The summed E-state index contributed by atoms with van der Waals surface area (Å²) >= 11 is 0. The number of fused-ring (bicyclic) bond motifs is 1. The first-order chi connectivity index (χ1) is 13.5. The lowest BCUT2D eigenvalue weighted by Crippen LogP contribution is -2.21. The van der Waals surface area contributed by atoms with Gasteiger partial charge in [-0.25, -0.2) is 4.39 Å². The highest BCUT2D eigenvalue weighted by atomic mass is 19.1. The van der Waals surface area contributed by atoms with Gasteiger partial charge >= 0.3 is 0 Å². The molecule has 0 unspecified atom stereocenters. The number of anilines is 1. The van der Waals surface area contributed by atoms with Crippen LogP contribution in [-0.2, 0) is 11.3 Å². The number of rotatable bonds is 5. The van der Waals surface area contributed by atoms with Crippen LogP contribution in [0.2, 0.25) is 0 Å². The molecule has 0 spiro atoms. The van der Waals surface area contributed by atoms with Crippen LogP contribution >= 0.6 is 0 Å². The van der Waals surface area contributed by atoms with Gasteiger partial charge in [-0.1, -0.05) is 12.1 Å². The number of nitrogens with zero attached hydrogens (tertiary/aromatic N) is 4. The maximum absolute atomic E-state index is 13.3. The van der Waals surface area contributed by atoms with Crippen LogP contribution in [0.25, 0.3) is 11.4 Å². The number of Topliss-reactive ketones (excluding diaryl/α,β-unsaturated/α-hetero) is 1. The Morgan fingerprint density at radius 3 is 2.75 bits per heavy atom. The first kappa shape index (κ1) is 17.6. The molecule has 10 heteroatoms. The monoisotopic (exact) mass is 383 g/mol. The van der Waals surface area contributed by atoms with Gasteiger partial charge in [0.25, 0.3) is 0 Å². The van der Waals surface area contributed by atoms with Crippen molar-refractivity contribution in [3.05, 3.63) is 47.8 Å². The molecule has 1 amide bonds. The second kappa shape index (κ2) is 7.06. The van der Waals surface area contributed by atoms with E-state index in [4.69, 9.17) is 9.47 Å². The molecule has 0 bridgehead atoms. The lowest BCUT2D eigenvalue weighted by atomic mass is 10.1. The molecule has 2 aromatic carbocycles. The zero-order valence-corrected chi connectivity index (χ0v) is 14.7. The van der Waals surface area contributed by atoms with E-state index in [2.05, 4.69) is 20.7 Å². The maximum Gasteiger partial charge on any atom is 0.248 e. The zero-order chi connectivity index (χ0) is 19.7. The highest BCUT2D eigenvalue weighted by molar-refractivity contribution is 6.04. The van der Waals surface area contributed by atoms with E-state index in [1.54, 1.807) is 6.07 Å². The number of amides is 1. The fourth-order valence-corrected chi connectivity index (χ4v) is 2.71. The van der Waals surface area contributed by atoms with Crippen LogP contribution in [0, 0.1) is 5.82 Å². The first-order valence-electron chi connectivity index (χ1n) is 8.28. The van der Waals surface area contributed by atoms with Crippen molar-refractivity contribution in [3.8, 4) is 22.9 Å². The van der Waals surface area contributed by atoms with Crippen molar-refractivity contribution in [2.45, 2.75) is 13.5 Å². The summed E-state index contributed by atoms with van der Waals surface area (Å²) in [7, 11) is 0. The number of carbonyl (C=O) groups is 2. The molecule has 0 saturated carbocycles. The summed E-state index contributed by atoms with van der Waals surface area (Å²) in [4.78, 5) is 25.3. The largest absolute Gasteiger partial charge is 0.454 e. The number of hydrogen-bond acceptors (Lipinski definition) is 7. The van der Waals surface area contributed by atoms with Gasteiger partial charge in [0.05, 0.1) is 5.69 Å². The van der Waals surface area contributed by atoms with Crippen molar-refractivity contribution in [2.75, 3.05) is 12.1 Å². The smallest absolute Gasteiger partial charge is 0.248 e. The number of nitrogens with one attached hydrogen (secondary N) is 1. The van der Waals surface area contributed by atoms with E-state index in [1.165, 1.54) is 37.3 Å². The van der Waals surface area contributed by atoms with E-state index in [0.29, 0.717) is 28.3 Å².